The maximum Gasteiger partial charge on any atom is 0.278 e. The number of aromatic nitrogens is 5. The van der Waals surface area contributed by atoms with E-state index < -0.39 is 5.60 Å². The Morgan fingerprint density at radius 1 is 1.20 bits per heavy atom. The van der Waals surface area contributed by atoms with Gasteiger partial charge >= 0.3 is 0 Å². The molecule has 4 aromatic rings. The Morgan fingerprint density at radius 3 is 2.88 bits per heavy atom. The molecular weight excluding hydrogens is 502 g/mol. The van der Waals surface area contributed by atoms with Crippen LogP contribution in [0, 0.1) is 0 Å². The summed E-state index contributed by atoms with van der Waals surface area (Å²) >= 11 is 0. The third-order valence-corrected chi connectivity index (χ3v) is 8.98. The van der Waals surface area contributed by atoms with E-state index in [1.165, 1.54) is 29.5 Å². The Kier molecular flexibility index (Phi) is 5.90. The SMILES string of the molecule is C=CCn1c(=O)c2cnc(Nc3cc4c5c(c3)CN(C)CC5CCC4)nc2n1-c1ccc2c(n1)[C@](O)(CC)CC2. The molecule has 0 radical (unpaired) electrons. The van der Waals surface area contributed by atoms with Crippen molar-refractivity contribution in [1.82, 2.24) is 29.2 Å². The quantitative estimate of drug-likeness (QED) is 0.353. The molecule has 0 spiro atoms. The first kappa shape index (κ1) is 25.2. The Hall–Kier alpha value is -3.82. The third-order valence-electron chi connectivity index (χ3n) is 8.98. The van der Waals surface area contributed by atoms with E-state index in [4.69, 9.17) is 9.97 Å². The van der Waals surface area contributed by atoms with E-state index >= 15 is 0 Å². The number of anilines is 2. The Bertz CT molecular complexity index is 1720. The van der Waals surface area contributed by atoms with Gasteiger partial charge in [0.15, 0.2) is 11.5 Å². The number of likely N-dealkylation sites (N-methyl/N-ethyl adjacent to an activating group) is 1. The first-order chi connectivity index (χ1) is 19.4. The lowest BCUT2D eigenvalue weighted by Crippen LogP contribution is -2.33. The number of fused-ring (bicyclic) bond motifs is 2. The molecule has 0 saturated heterocycles. The maximum absolute atomic E-state index is 13.4. The highest BCUT2D eigenvalue weighted by Gasteiger charge is 2.37. The number of hydrogen-bond acceptors (Lipinski definition) is 7. The molecule has 4 heterocycles. The average Bonchev–Trinajstić information content (AvgIpc) is 3.42. The molecule has 1 unspecified atom stereocenters. The van der Waals surface area contributed by atoms with Crippen molar-refractivity contribution in [2.45, 2.75) is 70.1 Å². The van der Waals surface area contributed by atoms with Gasteiger partial charge in [-0.3, -0.25) is 4.79 Å². The first-order valence-corrected chi connectivity index (χ1v) is 14.3. The molecule has 7 rings (SSSR count). The van der Waals surface area contributed by atoms with Gasteiger partial charge in [0.2, 0.25) is 5.95 Å². The summed E-state index contributed by atoms with van der Waals surface area (Å²) in [6.45, 7) is 8.17. The number of nitrogens with one attached hydrogen (secondary N) is 1. The second kappa shape index (κ2) is 9.38. The minimum Gasteiger partial charge on any atom is -0.384 e. The van der Waals surface area contributed by atoms with Gasteiger partial charge in [0.05, 0.1) is 12.2 Å². The summed E-state index contributed by atoms with van der Waals surface area (Å²) in [7, 11) is 2.19. The normalized spacial score (nSPS) is 21.8. The van der Waals surface area contributed by atoms with Gasteiger partial charge < -0.3 is 15.3 Å². The van der Waals surface area contributed by atoms with Crippen LogP contribution in [0.2, 0.25) is 0 Å². The lowest BCUT2D eigenvalue weighted by atomic mass is 9.77. The third kappa shape index (κ3) is 3.90. The summed E-state index contributed by atoms with van der Waals surface area (Å²) in [6.07, 6.45) is 8.84. The van der Waals surface area contributed by atoms with Crippen LogP contribution in [0.4, 0.5) is 11.6 Å². The smallest absolute Gasteiger partial charge is 0.278 e. The van der Waals surface area contributed by atoms with Gasteiger partial charge in [-0.25, -0.2) is 19.3 Å². The van der Waals surface area contributed by atoms with Crippen LogP contribution in [0.3, 0.4) is 0 Å². The Balaban J connectivity index is 1.33. The number of nitrogens with zero attached hydrogens (tertiary/aromatic N) is 6. The molecule has 9 nitrogen and oxygen atoms in total. The van der Waals surface area contributed by atoms with E-state index in [9.17, 15) is 9.90 Å². The van der Waals surface area contributed by atoms with Crippen LogP contribution in [0.15, 0.2) is 47.9 Å². The molecule has 3 aliphatic rings. The number of pyridine rings is 1. The van der Waals surface area contributed by atoms with Gasteiger partial charge in [-0.05, 0) is 91.9 Å². The number of hydrogen-bond donors (Lipinski definition) is 2. The number of aryl methyl sites for hydroxylation is 2. The van der Waals surface area contributed by atoms with Crippen LogP contribution < -0.4 is 10.9 Å². The summed E-state index contributed by atoms with van der Waals surface area (Å²) in [4.78, 5) is 30.1. The van der Waals surface area contributed by atoms with Crippen molar-refractivity contribution in [1.29, 1.82) is 0 Å². The fourth-order valence-corrected chi connectivity index (χ4v) is 7.05. The molecule has 0 amide bonds. The highest BCUT2D eigenvalue weighted by Crippen LogP contribution is 2.41. The van der Waals surface area contributed by atoms with E-state index in [0.29, 0.717) is 47.3 Å². The van der Waals surface area contributed by atoms with Gasteiger partial charge in [0.25, 0.3) is 5.56 Å². The Morgan fingerprint density at radius 2 is 2.05 bits per heavy atom. The molecule has 2 aliphatic carbocycles. The predicted molar refractivity (Wildman–Crippen MR) is 155 cm³/mol. The fourth-order valence-electron chi connectivity index (χ4n) is 7.05. The van der Waals surface area contributed by atoms with E-state index in [-0.39, 0.29) is 12.1 Å². The van der Waals surface area contributed by atoms with Crippen molar-refractivity contribution in [2.24, 2.45) is 0 Å². The lowest BCUT2D eigenvalue weighted by molar-refractivity contribution is 0.0306. The minimum atomic E-state index is -0.959. The Labute approximate surface area is 233 Å². The zero-order chi connectivity index (χ0) is 27.6. The van der Waals surface area contributed by atoms with Crippen LogP contribution in [-0.4, -0.2) is 47.9 Å². The van der Waals surface area contributed by atoms with Crippen molar-refractivity contribution in [3.8, 4) is 5.82 Å². The second-order valence-corrected chi connectivity index (χ2v) is 11.6. The molecule has 40 heavy (non-hydrogen) atoms. The molecule has 0 saturated carbocycles. The number of rotatable bonds is 6. The second-order valence-electron chi connectivity index (χ2n) is 11.6. The van der Waals surface area contributed by atoms with E-state index in [1.807, 2.05) is 19.1 Å². The zero-order valence-corrected chi connectivity index (χ0v) is 23.2. The van der Waals surface area contributed by atoms with Crippen molar-refractivity contribution in [2.75, 3.05) is 18.9 Å². The molecule has 9 heteroatoms. The summed E-state index contributed by atoms with van der Waals surface area (Å²) < 4.78 is 3.31. The summed E-state index contributed by atoms with van der Waals surface area (Å²) in [5.41, 5.74) is 6.33. The molecule has 2 N–H and O–H groups in total. The first-order valence-electron chi connectivity index (χ1n) is 14.3. The molecule has 2 atom stereocenters. The van der Waals surface area contributed by atoms with Gasteiger partial charge in [0.1, 0.15) is 11.0 Å². The molecule has 1 aliphatic heterocycles. The minimum absolute atomic E-state index is 0.207. The van der Waals surface area contributed by atoms with Gasteiger partial charge in [-0.1, -0.05) is 19.1 Å². The van der Waals surface area contributed by atoms with Crippen LogP contribution in [0.25, 0.3) is 16.9 Å². The van der Waals surface area contributed by atoms with E-state index in [1.54, 1.807) is 21.6 Å². The molecule has 1 aromatic carbocycles. The molecule has 0 bridgehead atoms. The predicted octanol–water partition coefficient (Wildman–Crippen LogP) is 4.32. The van der Waals surface area contributed by atoms with Gasteiger partial charge in [-0.2, -0.15) is 4.98 Å². The lowest BCUT2D eigenvalue weighted by Gasteiger charge is -2.37. The highest BCUT2D eigenvalue weighted by atomic mass is 16.3. The van der Waals surface area contributed by atoms with Crippen LogP contribution in [0.1, 0.15) is 66.5 Å². The van der Waals surface area contributed by atoms with Crippen LogP contribution in [-0.2, 0) is 31.5 Å². The number of benzene rings is 1. The number of allylic oxidation sites excluding steroid dienone is 1. The van der Waals surface area contributed by atoms with Gasteiger partial charge in [0, 0.05) is 25.0 Å². The summed E-state index contributed by atoms with van der Waals surface area (Å²) in [5, 5.41) is 15.0. The molecule has 0 fully saturated rings. The van der Waals surface area contributed by atoms with Crippen LogP contribution in [0.5, 0.6) is 0 Å². The summed E-state index contributed by atoms with van der Waals surface area (Å²) in [5.74, 6) is 1.58. The molecule has 206 valence electrons. The standard InChI is InChI=1S/C31H35N7O2/c1-4-13-37-29(39)24-16-32-30(33-23-14-20-7-6-8-21-17-36(3)18-22(15-23)26(20)21)35-28(24)38(37)25-10-9-19-11-12-31(40,5-2)27(19)34-25/h4,9-10,14-16,21,40H,1,5-8,11-13,17-18H2,2-3H3,(H,32,33,35)/t21?,31-/m0/s1. The zero-order valence-electron chi connectivity index (χ0n) is 23.2. The summed E-state index contributed by atoms with van der Waals surface area (Å²) in [6, 6.07) is 8.37. The van der Waals surface area contributed by atoms with Crippen molar-refractivity contribution in [3.63, 3.8) is 0 Å². The monoisotopic (exact) mass is 537 g/mol. The molecular formula is C31H35N7O2. The number of aliphatic hydroxyl groups is 1. The van der Waals surface area contributed by atoms with Crippen molar-refractivity contribution in [3.05, 3.63) is 81.4 Å². The average molecular weight is 538 g/mol. The van der Waals surface area contributed by atoms with Gasteiger partial charge in [-0.15, -0.1) is 6.58 Å². The largest absolute Gasteiger partial charge is 0.384 e. The van der Waals surface area contributed by atoms with Crippen molar-refractivity contribution < 1.29 is 5.11 Å². The maximum atomic E-state index is 13.4. The molecule has 3 aromatic heterocycles. The topological polar surface area (TPSA) is 101 Å². The van der Waals surface area contributed by atoms with Crippen molar-refractivity contribution >= 4 is 22.7 Å². The highest BCUT2D eigenvalue weighted by molar-refractivity contribution is 5.77. The van der Waals surface area contributed by atoms with E-state index in [2.05, 4.69) is 41.0 Å². The fraction of sp³-hybridized carbons (Fsp3) is 0.419. The van der Waals surface area contributed by atoms with E-state index in [0.717, 1.165) is 37.2 Å². The van der Waals surface area contributed by atoms with Crippen LogP contribution >= 0.6 is 0 Å².